The molecule has 1 aromatic rings. The minimum absolute atomic E-state index is 0. The lowest BCUT2D eigenvalue weighted by Gasteiger charge is -2.29. The lowest BCUT2D eigenvalue weighted by molar-refractivity contribution is 0.198. The zero-order valence-electron chi connectivity index (χ0n) is 15.7. The van der Waals surface area contributed by atoms with Crippen LogP contribution in [-0.2, 0) is 13.6 Å². The van der Waals surface area contributed by atoms with E-state index in [2.05, 4.69) is 30.3 Å². The van der Waals surface area contributed by atoms with Crippen molar-refractivity contribution in [2.75, 3.05) is 39.8 Å². The first-order chi connectivity index (χ1) is 11.7. The predicted molar refractivity (Wildman–Crippen MR) is 111 cm³/mol. The van der Waals surface area contributed by atoms with Gasteiger partial charge in [-0.2, -0.15) is 0 Å². The molecule has 1 unspecified atom stereocenters. The van der Waals surface area contributed by atoms with Crippen LogP contribution >= 0.6 is 24.0 Å². The van der Waals surface area contributed by atoms with Crippen molar-refractivity contribution in [3.63, 3.8) is 0 Å². The number of piperidine rings is 1. The van der Waals surface area contributed by atoms with Crippen molar-refractivity contribution < 1.29 is 0 Å². The molecule has 8 heteroatoms. The van der Waals surface area contributed by atoms with Gasteiger partial charge in [0.15, 0.2) is 11.8 Å². The number of hydrogen-bond acceptors (Lipinski definition) is 4. The Bertz CT molecular complexity index is 565. The summed E-state index contributed by atoms with van der Waals surface area (Å²) in [6, 6.07) is 0. The van der Waals surface area contributed by atoms with Crippen molar-refractivity contribution in [3.8, 4) is 0 Å². The topological polar surface area (TPSA) is 61.6 Å². The molecule has 0 radical (unpaired) electrons. The second-order valence-electron chi connectivity index (χ2n) is 7.09. The molecule has 2 aliphatic rings. The highest BCUT2D eigenvalue weighted by Crippen LogP contribution is 2.19. The number of hydrogen-bond donors (Lipinski definition) is 1. The van der Waals surface area contributed by atoms with Gasteiger partial charge in [0.05, 0.1) is 6.54 Å². The molecule has 0 amide bonds. The van der Waals surface area contributed by atoms with Gasteiger partial charge >= 0.3 is 0 Å². The second kappa shape index (κ2) is 9.70. The van der Waals surface area contributed by atoms with Crippen molar-refractivity contribution in [2.24, 2.45) is 18.0 Å². The fraction of sp³-hybridized carbons (Fsp3) is 0.824. The number of halogens is 1. The van der Waals surface area contributed by atoms with E-state index in [1.54, 1.807) is 0 Å². The first kappa shape index (κ1) is 20.4. The smallest absolute Gasteiger partial charge is 0.194 e. The van der Waals surface area contributed by atoms with E-state index >= 15 is 0 Å². The highest BCUT2D eigenvalue weighted by Gasteiger charge is 2.27. The molecule has 0 spiro atoms. The van der Waals surface area contributed by atoms with Crippen LogP contribution in [0.3, 0.4) is 0 Å². The van der Waals surface area contributed by atoms with Gasteiger partial charge in [0.25, 0.3) is 0 Å². The number of aliphatic imine (C=N–C) groups is 1. The average Bonchev–Trinajstić information content (AvgIpc) is 3.18. The maximum absolute atomic E-state index is 4.46. The normalized spacial score (nSPS) is 22.1. The van der Waals surface area contributed by atoms with Crippen LogP contribution < -0.4 is 5.32 Å². The Morgan fingerprint density at radius 1 is 1.20 bits per heavy atom. The molecule has 0 aromatic carbocycles. The van der Waals surface area contributed by atoms with Gasteiger partial charge in [-0.05, 0) is 45.2 Å². The van der Waals surface area contributed by atoms with E-state index in [1.165, 1.54) is 45.3 Å². The van der Waals surface area contributed by atoms with E-state index in [1.807, 2.05) is 25.6 Å². The molecule has 1 aromatic heterocycles. The van der Waals surface area contributed by atoms with Gasteiger partial charge in [0, 0.05) is 33.7 Å². The third-order valence-corrected chi connectivity index (χ3v) is 5.35. The summed E-state index contributed by atoms with van der Waals surface area (Å²) >= 11 is 0. The molecule has 142 valence electrons. The van der Waals surface area contributed by atoms with E-state index in [4.69, 9.17) is 0 Å². The Hall–Kier alpha value is -0.900. The summed E-state index contributed by atoms with van der Waals surface area (Å²) < 4.78 is 2.02. The maximum Gasteiger partial charge on any atom is 0.194 e. The monoisotopic (exact) mass is 461 g/mol. The van der Waals surface area contributed by atoms with Crippen LogP contribution in [-0.4, -0.2) is 70.3 Å². The molecule has 0 aliphatic carbocycles. The van der Waals surface area contributed by atoms with Gasteiger partial charge in [0.2, 0.25) is 0 Å². The number of nitrogens with one attached hydrogen (secondary N) is 1. The summed E-state index contributed by atoms with van der Waals surface area (Å²) in [5.41, 5.74) is 0. The summed E-state index contributed by atoms with van der Waals surface area (Å²) in [5, 5.41) is 11.8. The largest absolute Gasteiger partial charge is 0.349 e. The summed E-state index contributed by atoms with van der Waals surface area (Å²) in [6.07, 6.45) is 5.42. The summed E-state index contributed by atoms with van der Waals surface area (Å²) in [5.74, 6) is 3.62. The molecule has 2 aliphatic heterocycles. The van der Waals surface area contributed by atoms with E-state index in [9.17, 15) is 0 Å². The molecular weight excluding hydrogens is 429 g/mol. The molecule has 25 heavy (non-hydrogen) atoms. The van der Waals surface area contributed by atoms with Crippen molar-refractivity contribution in [1.29, 1.82) is 0 Å². The van der Waals surface area contributed by atoms with Gasteiger partial charge in [-0.25, -0.2) is 0 Å². The molecular formula is C17H32IN7. The number of rotatable bonds is 4. The molecule has 7 nitrogen and oxygen atoms in total. The lowest BCUT2D eigenvalue weighted by atomic mass is 10.1. The van der Waals surface area contributed by atoms with Crippen molar-refractivity contribution in [1.82, 2.24) is 29.9 Å². The lowest BCUT2D eigenvalue weighted by Crippen LogP contribution is -2.41. The van der Waals surface area contributed by atoms with Crippen LogP contribution in [0.2, 0.25) is 0 Å². The van der Waals surface area contributed by atoms with Gasteiger partial charge in [-0.15, -0.1) is 34.2 Å². The summed E-state index contributed by atoms with van der Waals surface area (Å²) in [7, 11) is 3.86. The molecule has 2 fully saturated rings. The first-order valence-corrected chi connectivity index (χ1v) is 9.20. The second-order valence-corrected chi connectivity index (χ2v) is 7.09. The Morgan fingerprint density at radius 3 is 2.60 bits per heavy atom. The fourth-order valence-electron chi connectivity index (χ4n) is 3.78. The Morgan fingerprint density at radius 2 is 1.96 bits per heavy atom. The van der Waals surface area contributed by atoms with E-state index in [0.717, 1.165) is 36.6 Å². The molecule has 3 heterocycles. The summed E-state index contributed by atoms with van der Waals surface area (Å²) in [4.78, 5) is 9.50. The van der Waals surface area contributed by atoms with E-state index < -0.39 is 0 Å². The third-order valence-electron chi connectivity index (χ3n) is 5.35. The molecule has 2 saturated heterocycles. The van der Waals surface area contributed by atoms with Gasteiger partial charge < -0.3 is 19.7 Å². The number of guanidine groups is 1. The molecule has 0 saturated carbocycles. The zero-order chi connectivity index (χ0) is 16.9. The van der Waals surface area contributed by atoms with Crippen molar-refractivity contribution in [3.05, 3.63) is 11.6 Å². The van der Waals surface area contributed by atoms with Crippen molar-refractivity contribution in [2.45, 2.75) is 39.2 Å². The minimum Gasteiger partial charge on any atom is -0.349 e. The van der Waals surface area contributed by atoms with Gasteiger partial charge in [-0.3, -0.25) is 4.99 Å². The van der Waals surface area contributed by atoms with Gasteiger partial charge in [-0.1, -0.05) is 6.42 Å². The Kier molecular flexibility index (Phi) is 7.92. The van der Waals surface area contributed by atoms with Gasteiger partial charge in [0.1, 0.15) is 5.82 Å². The summed E-state index contributed by atoms with van der Waals surface area (Å²) in [6.45, 7) is 8.65. The quantitative estimate of drug-likeness (QED) is 0.420. The SMILES string of the molecule is CN=C(NCc1nnc(C)n1C)N1CCC(CN2CCCCC2)C1.I. The number of aryl methyl sites for hydroxylation is 1. The highest BCUT2D eigenvalue weighted by atomic mass is 127. The fourth-order valence-corrected chi connectivity index (χ4v) is 3.78. The van der Waals surface area contributed by atoms with E-state index in [0.29, 0.717) is 6.54 Å². The van der Waals surface area contributed by atoms with E-state index in [-0.39, 0.29) is 24.0 Å². The van der Waals surface area contributed by atoms with Crippen LogP contribution in [0.15, 0.2) is 4.99 Å². The van der Waals surface area contributed by atoms with Crippen LogP contribution in [0.25, 0.3) is 0 Å². The predicted octanol–water partition coefficient (Wildman–Crippen LogP) is 1.62. The molecule has 1 N–H and O–H groups in total. The zero-order valence-corrected chi connectivity index (χ0v) is 18.1. The van der Waals surface area contributed by atoms with Crippen LogP contribution in [0, 0.1) is 12.8 Å². The standard InChI is InChI=1S/C17H31N7.HI/c1-14-20-21-16(22(14)3)11-19-17(18-2)24-10-7-15(13-24)12-23-8-5-4-6-9-23;/h15H,4-13H2,1-3H3,(H,18,19);1H. The molecule has 1 atom stereocenters. The van der Waals surface area contributed by atoms with Crippen LogP contribution in [0.4, 0.5) is 0 Å². The third kappa shape index (κ3) is 5.29. The number of aromatic nitrogens is 3. The Labute approximate surface area is 168 Å². The van der Waals surface area contributed by atoms with Crippen molar-refractivity contribution >= 4 is 29.9 Å². The highest BCUT2D eigenvalue weighted by molar-refractivity contribution is 14.0. The molecule has 3 rings (SSSR count). The Balaban J connectivity index is 0.00000225. The number of nitrogens with zero attached hydrogens (tertiary/aromatic N) is 6. The minimum atomic E-state index is 0. The molecule has 0 bridgehead atoms. The van der Waals surface area contributed by atoms with Crippen LogP contribution in [0.1, 0.15) is 37.3 Å². The average molecular weight is 461 g/mol. The maximum atomic E-state index is 4.46. The van der Waals surface area contributed by atoms with Crippen LogP contribution in [0.5, 0.6) is 0 Å². The first-order valence-electron chi connectivity index (χ1n) is 9.20. The number of likely N-dealkylation sites (tertiary alicyclic amines) is 2.